The Balaban J connectivity index is 1.71. The van der Waals surface area contributed by atoms with Crippen molar-refractivity contribution >= 4 is 27.5 Å². The van der Waals surface area contributed by atoms with Crippen LogP contribution in [0.15, 0.2) is 18.2 Å². The lowest BCUT2D eigenvalue weighted by Gasteiger charge is -2.30. The Morgan fingerprint density at radius 1 is 1.12 bits per heavy atom. The van der Waals surface area contributed by atoms with Gasteiger partial charge in [0.2, 0.25) is 10.0 Å². The maximum Gasteiger partial charge on any atom is 0.313 e. The lowest BCUT2D eigenvalue weighted by Crippen LogP contribution is -3.15. The monoisotopic (exact) mass is 383 g/mol. The summed E-state index contributed by atoms with van der Waals surface area (Å²) in [4.78, 5) is 25.1. The molecule has 1 saturated heterocycles. The van der Waals surface area contributed by atoms with E-state index in [-0.39, 0.29) is 0 Å². The summed E-state index contributed by atoms with van der Waals surface area (Å²) in [7, 11) is -3.13. The number of rotatable bonds is 5. The van der Waals surface area contributed by atoms with Crippen LogP contribution in [-0.2, 0) is 19.6 Å². The second kappa shape index (κ2) is 8.61. The highest BCUT2D eigenvalue weighted by atomic mass is 32.2. The molecule has 0 saturated carbocycles. The van der Waals surface area contributed by atoms with Crippen LogP contribution < -0.4 is 15.5 Å². The minimum absolute atomic E-state index is 0.368. The van der Waals surface area contributed by atoms with Gasteiger partial charge >= 0.3 is 11.8 Å². The average molecular weight is 383 g/mol. The average Bonchev–Trinajstić information content (AvgIpc) is 2.57. The van der Waals surface area contributed by atoms with Crippen LogP contribution in [0.1, 0.15) is 11.1 Å². The number of piperazine rings is 1. The number of hydrogen-bond donors (Lipinski definition) is 3. The first-order chi connectivity index (χ1) is 12.2. The standard InChI is InChI=1S/C17H26N4O4S/c1-13-4-5-15(12-14(13)2)19-17(23)16(22)18-6-7-20-8-10-21(11-9-20)26(3,24)25/h4-5,12H,6-11H2,1-3H3,(H,18,22)(H,19,23)/p+1. The zero-order chi connectivity index (χ0) is 19.3. The van der Waals surface area contributed by atoms with E-state index < -0.39 is 21.8 Å². The maximum absolute atomic E-state index is 11.9. The van der Waals surface area contributed by atoms with E-state index in [0.29, 0.717) is 45.0 Å². The molecular formula is C17H27N4O4S+. The van der Waals surface area contributed by atoms with Crippen molar-refractivity contribution in [1.82, 2.24) is 9.62 Å². The third-order valence-electron chi connectivity index (χ3n) is 4.63. The van der Waals surface area contributed by atoms with E-state index in [1.54, 1.807) is 6.07 Å². The number of carbonyl (C=O) groups is 2. The number of aryl methyl sites for hydroxylation is 2. The van der Waals surface area contributed by atoms with Gasteiger partial charge in [0, 0.05) is 5.69 Å². The minimum atomic E-state index is -3.13. The van der Waals surface area contributed by atoms with E-state index in [0.717, 1.165) is 11.1 Å². The smallest absolute Gasteiger partial charge is 0.313 e. The number of carbonyl (C=O) groups excluding carboxylic acids is 2. The van der Waals surface area contributed by atoms with E-state index in [9.17, 15) is 18.0 Å². The molecule has 0 bridgehead atoms. The maximum atomic E-state index is 11.9. The first-order valence-corrected chi connectivity index (χ1v) is 10.5. The Labute approximate surface area is 154 Å². The van der Waals surface area contributed by atoms with Crippen LogP contribution in [0.4, 0.5) is 5.69 Å². The van der Waals surface area contributed by atoms with Crippen molar-refractivity contribution in [2.45, 2.75) is 13.8 Å². The van der Waals surface area contributed by atoms with Crippen LogP contribution in [-0.4, -0.2) is 70.1 Å². The minimum Gasteiger partial charge on any atom is -0.342 e. The molecule has 26 heavy (non-hydrogen) atoms. The molecule has 0 aliphatic carbocycles. The molecule has 1 aliphatic heterocycles. The van der Waals surface area contributed by atoms with Crippen molar-refractivity contribution in [3.63, 3.8) is 0 Å². The summed E-state index contributed by atoms with van der Waals surface area (Å²) in [5, 5.41) is 5.20. The highest BCUT2D eigenvalue weighted by Crippen LogP contribution is 2.13. The second-order valence-electron chi connectivity index (χ2n) is 6.67. The molecule has 2 amide bonds. The number of nitrogens with zero attached hydrogens (tertiary/aromatic N) is 1. The molecule has 0 radical (unpaired) electrons. The van der Waals surface area contributed by atoms with E-state index in [1.165, 1.54) is 15.5 Å². The third-order valence-corrected chi connectivity index (χ3v) is 5.94. The molecule has 0 aromatic heterocycles. The van der Waals surface area contributed by atoms with Gasteiger partial charge in [-0.3, -0.25) is 9.59 Å². The molecule has 144 valence electrons. The molecule has 2 rings (SSSR count). The van der Waals surface area contributed by atoms with Gasteiger partial charge in [0.1, 0.15) is 0 Å². The Bertz CT molecular complexity index is 771. The predicted molar refractivity (Wildman–Crippen MR) is 99.5 cm³/mol. The van der Waals surface area contributed by atoms with Crippen molar-refractivity contribution in [2.75, 3.05) is 50.8 Å². The number of anilines is 1. The zero-order valence-corrected chi connectivity index (χ0v) is 16.3. The van der Waals surface area contributed by atoms with Gasteiger partial charge in [-0.05, 0) is 37.1 Å². The molecule has 0 atom stereocenters. The predicted octanol–water partition coefficient (Wildman–Crippen LogP) is -1.48. The molecule has 0 spiro atoms. The van der Waals surface area contributed by atoms with Gasteiger partial charge in [-0.2, -0.15) is 4.31 Å². The van der Waals surface area contributed by atoms with Gasteiger partial charge in [-0.15, -0.1) is 0 Å². The number of nitrogens with one attached hydrogen (secondary N) is 3. The topological polar surface area (TPSA) is 100 Å². The Morgan fingerprint density at radius 3 is 2.35 bits per heavy atom. The van der Waals surface area contributed by atoms with Crippen LogP contribution in [0.2, 0.25) is 0 Å². The summed E-state index contributed by atoms with van der Waals surface area (Å²) in [6.07, 6.45) is 1.21. The highest BCUT2D eigenvalue weighted by Gasteiger charge is 2.25. The lowest BCUT2D eigenvalue weighted by atomic mass is 10.1. The fourth-order valence-electron chi connectivity index (χ4n) is 2.82. The Hall–Kier alpha value is -1.97. The van der Waals surface area contributed by atoms with Gasteiger partial charge in [0.15, 0.2) is 0 Å². The fourth-order valence-corrected chi connectivity index (χ4v) is 3.67. The van der Waals surface area contributed by atoms with Crippen LogP contribution in [0, 0.1) is 13.8 Å². The number of quaternary nitrogens is 1. The molecule has 1 aliphatic rings. The molecular weight excluding hydrogens is 356 g/mol. The quantitative estimate of drug-likeness (QED) is 0.540. The number of benzene rings is 1. The van der Waals surface area contributed by atoms with Crippen molar-refractivity contribution in [1.29, 1.82) is 0 Å². The van der Waals surface area contributed by atoms with E-state index in [4.69, 9.17) is 0 Å². The molecule has 1 aromatic rings. The van der Waals surface area contributed by atoms with E-state index >= 15 is 0 Å². The van der Waals surface area contributed by atoms with Crippen molar-refractivity contribution in [3.8, 4) is 0 Å². The van der Waals surface area contributed by atoms with Crippen molar-refractivity contribution < 1.29 is 22.9 Å². The summed E-state index contributed by atoms with van der Waals surface area (Å²) in [5.41, 5.74) is 2.75. The van der Waals surface area contributed by atoms with Crippen LogP contribution in [0.25, 0.3) is 0 Å². The summed E-state index contributed by atoms with van der Waals surface area (Å²) in [6.45, 7) is 7.29. The number of sulfonamides is 1. The SMILES string of the molecule is Cc1ccc(NC(=O)C(=O)NCC[NH+]2CCN(S(C)(=O)=O)CC2)cc1C. The molecule has 1 aromatic carbocycles. The first-order valence-electron chi connectivity index (χ1n) is 8.62. The van der Waals surface area contributed by atoms with Crippen molar-refractivity contribution in [2.24, 2.45) is 0 Å². The Kier molecular flexibility index (Phi) is 6.74. The van der Waals surface area contributed by atoms with Crippen molar-refractivity contribution in [3.05, 3.63) is 29.3 Å². The number of amides is 2. The molecule has 8 nitrogen and oxygen atoms in total. The molecule has 9 heteroatoms. The van der Waals surface area contributed by atoms with E-state index in [1.807, 2.05) is 26.0 Å². The first kappa shape index (κ1) is 20.3. The largest absolute Gasteiger partial charge is 0.342 e. The van der Waals surface area contributed by atoms with Gasteiger partial charge < -0.3 is 15.5 Å². The fraction of sp³-hybridized carbons (Fsp3) is 0.529. The summed E-state index contributed by atoms with van der Waals surface area (Å²) in [5.74, 6) is -1.36. The summed E-state index contributed by atoms with van der Waals surface area (Å²) >= 11 is 0. The van der Waals surface area contributed by atoms with Gasteiger partial charge in [-0.1, -0.05) is 6.07 Å². The Morgan fingerprint density at radius 2 is 1.77 bits per heavy atom. The zero-order valence-electron chi connectivity index (χ0n) is 15.5. The van der Waals surface area contributed by atoms with Crippen LogP contribution in [0.5, 0.6) is 0 Å². The van der Waals surface area contributed by atoms with Crippen LogP contribution in [0.3, 0.4) is 0 Å². The van der Waals surface area contributed by atoms with Crippen LogP contribution >= 0.6 is 0 Å². The summed E-state index contributed by atoms with van der Waals surface area (Å²) < 4.78 is 24.4. The third kappa shape index (κ3) is 5.79. The lowest BCUT2D eigenvalue weighted by molar-refractivity contribution is -0.902. The molecule has 1 heterocycles. The molecule has 3 N–H and O–H groups in total. The van der Waals surface area contributed by atoms with E-state index in [2.05, 4.69) is 10.6 Å². The van der Waals surface area contributed by atoms with Gasteiger partial charge in [0.05, 0.1) is 45.5 Å². The normalized spacial score (nSPS) is 16.3. The summed E-state index contributed by atoms with van der Waals surface area (Å²) in [6, 6.07) is 5.48. The van der Waals surface area contributed by atoms with Gasteiger partial charge in [0.25, 0.3) is 0 Å². The molecule has 0 unspecified atom stereocenters. The highest BCUT2D eigenvalue weighted by molar-refractivity contribution is 7.88. The second-order valence-corrected chi connectivity index (χ2v) is 8.65. The molecule has 1 fully saturated rings. The number of hydrogen-bond acceptors (Lipinski definition) is 4. The van der Waals surface area contributed by atoms with Gasteiger partial charge in [-0.25, -0.2) is 8.42 Å².